The number of rotatable bonds is 1. The summed E-state index contributed by atoms with van der Waals surface area (Å²) in [7, 11) is 0. The van der Waals surface area contributed by atoms with E-state index in [4.69, 9.17) is 18.0 Å². The number of hydrogen-bond donors (Lipinski definition) is 4. The molecule has 0 radical (unpaired) electrons. The van der Waals surface area contributed by atoms with E-state index in [2.05, 4.69) is 40.5 Å². The van der Waals surface area contributed by atoms with Crippen LogP contribution < -0.4 is 21.9 Å². The first kappa shape index (κ1) is 11.2. The third kappa shape index (κ3) is 4.38. The number of thiocarbonyl (C=S) groups is 2. The van der Waals surface area contributed by atoms with Crippen molar-refractivity contribution in [3.63, 3.8) is 0 Å². The van der Waals surface area contributed by atoms with Crippen molar-refractivity contribution >= 4 is 34.7 Å². The van der Waals surface area contributed by atoms with Gasteiger partial charge in [-0.15, -0.1) is 0 Å². The van der Waals surface area contributed by atoms with Crippen molar-refractivity contribution in [2.24, 2.45) is 5.73 Å². The van der Waals surface area contributed by atoms with Gasteiger partial charge in [-0.05, 0) is 43.7 Å². The molecule has 0 fully saturated rings. The first-order valence-corrected chi connectivity index (χ1v) is 5.29. The van der Waals surface area contributed by atoms with Gasteiger partial charge in [0.05, 0.1) is 0 Å². The fourth-order valence-corrected chi connectivity index (χ4v) is 1.51. The van der Waals surface area contributed by atoms with E-state index in [-0.39, 0.29) is 5.11 Å². The molecule has 0 aromatic heterocycles. The van der Waals surface area contributed by atoms with Gasteiger partial charge in [-0.1, -0.05) is 12.2 Å². The smallest absolute Gasteiger partial charge is 0.185 e. The third-order valence-electron chi connectivity index (χ3n) is 1.87. The van der Waals surface area contributed by atoms with Crippen LogP contribution in [-0.2, 0) is 0 Å². The van der Waals surface area contributed by atoms with Crippen molar-refractivity contribution in [2.45, 2.75) is 25.3 Å². The molecule has 0 heterocycles. The Bertz CT molecular complexity index is 252. The second-order valence-corrected chi connectivity index (χ2v) is 3.90. The monoisotopic (exact) mass is 230 g/mol. The maximum absolute atomic E-state index is 5.23. The molecular formula is C8H14N4S2. The molecule has 1 rings (SSSR count). The van der Waals surface area contributed by atoms with Crippen LogP contribution in [0.25, 0.3) is 0 Å². The van der Waals surface area contributed by atoms with E-state index in [0.29, 0.717) is 11.2 Å². The van der Waals surface area contributed by atoms with Gasteiger partial charge in [0.2, 0.25) is 0 Å². The molecule has 14 heavy (non-hydrogen) atoms. The van der Waals surface area contributed by atoms with E-state index in [1.807, 2.05) is 0 Å². The summed E-state index contributed by atoms with van der Waals surface area (Å²) in [6, 6.07) is 0.317. The van der Waals surface area contributed by atoms with Crippen molar-refractivity contribution in [2.75, 3.05) is 0 Å². The SMILES string of the molecule is NC(=S)NNC(=S)NC1C=CCCC1. The minimum absolute atomic E-state index is 0.174. The van der Waals surface area contributed by atoms with E-state index in [9.17, 15) is 0 Å². The zero-order chi connectivity index (χ0) is 10.4. The van der Waals surface area contributed by atoms with Crippen LogP contribution in [0.2, 0.25) is 0 Å². The van der Waals surface area contributed by atoms with Gasteiger partial charge >= 0.3 is 0 Å². The Morgan fingerprint density at radius 1 is 1.36 bits per heavy atom. The van der Waals surface area contributed by atoms with E-state index in [1.54, 1.807) is 0 Å². The second kappa shape index (κ2) is 5.77. The number of hydrazine groups is 1. The van der Waals surface area contributed by atoms with Gasteiger partial charge in [0, 0.05) is 6.04 Å². The van der Waals surface area contributed by atoms with Gasteiger partial charge in [-0.3, -0.25) is 10.9 Å². The zero-order valence-electron chi connectivity index (χ0n) is 7.75. The Morgan fingerprint density at radius 2 is 2.14 bits per heavy atom. The predicted octanol–water partition coefficient (Wildman–Crippen LogP) is 0.307. The molecule has 1 atom stereocenters. The molecule has 0 spiro atoms. The topological polar surface area (TPSA) is 62.1 Å². The van der Waals surface area contributed by atoms with E-state index < -0.39 is 0 Å². The van der Waals surface area contributed by atoms with Crippen molar-refractivity contribution in [3.8, 4) is 0 Å². The highest BCUT2D eigenvalue weighted by molar-refractivity contribution is 7.80. The molecule has 0 aliphatic heterocycles. The standard InChI is InChI=1S/C8H14N4S2/c9-7(13)11-12-8(14)10-6-4-2-1-3-5-6/h2,4,6H,1,3,5H2,(H3,9,11,13)(H2,10,12,14). The van der Waals surface area contributed by atoms with Crippen LogP contribution in [0.3, 0.4) is 0 Å². The second-order valence-electron chi connectivity index (χ2n) is 3.05. The molecule has 6 heteroatoms. The van der Waals surface area contributed by atoms with Gasteiger partial charge in [0.1, 0.15) is 0 Å². The molecule has 0 saturated carbocycles. The van der Waals surface area contributed by atoms with Gasteiger partial charge in [-0.2, -0.15) is 0 Å². The van der Waals surface area contributed by atoms with E-state index >= 15 is 0 Å². The normalized spacial score (nSPS) is 19.9. The van der Waals surface area contributed by atoms with E-state index in [0.717, 1.165) is 12.8 Å². The zero-order valence-corrected chi connectivity index (χ0v) is 9.38. The summed E-state index contributed by atoms with van der Waals surface area (Å²) in [6.45, 7) is 0. The number of allylic oxidation sites excluding steroid dienone is 1. The maximum atomic E-state index is 5.23. The Balaban J connectivity index is 2.22. The first-order chi connectivity index (χ1) is 6.68. The molecule has 0 amide bonds. The van der Waals surface area contributed by atoms with Crippen molar-refractivity contribution in [3.05, 3.63) is 12.2 Å². The quantitative estimate of drug-likeness (QED) is 0.295. The molecule has 1 aliphatic rings. The Kier molecular flexibility index (Phi) is 4.61. The summed E-state index contributed by atoms with van der Waals surface area (Å²) in [5.74, 6) is 0. The van der Waals surface area contributed by atoms with Crippen molar-refractivity contribution in [1.29, 1.82) is 0 Å². The number of hydrogen-bond acceptors (Lipinski definition) is 2. The lowest BCUT2D eigenvalue weighted by molar-refractivity contribution is 0.593. The highest BCUT2D eigenvalue weighted by Gasteiger charge is 2.08. The Morgan fingerprint density at radius 3 is 2.71 bits per heavy atom. The fourth-order valence-electron chi connectivity index (χ4n) is 1.26. The van der Waals surface area contributed by atoms with Crippen LogP contribution in [0, 0.1) is 0 Å². The highest BCUT2D eigenvalue weighted by Crippen LogP contribution is 2.09. The summed E-state index contributed by atoms with van der Waals surface area (Å²) in [5.41, 5.74) is 10.5. The van der Waals surface area contributed by atoms with Crippen LogP contribution >= 0.6 is 24.4 Å². The molecule has 0 bridgehead atoms. The lowest BCUT2D eigenvalue weighted by atomic mass is 10.0. The molecule has 1 unspecified atom stereocenters. The molecule has 0 aromatic carbocycles. The molecule has 0 saturated heterocycles. The molecule has 4 nitrogen and oxygen atoms in total. The molecule has 0 aromatic rings. The van der Waals surface area contributed by atoms with Gasteiger partial charge in [0.15, 0.2) is 10.2 Å². The van der Waals surface area contributed by atoms with Crippen LogP contribution in [0.5, 0.6) is 0 Å². The largest absolute Gasteiger partial charge is 0.375 e. The summed E-state index contributed by atoms with van der Waals surface area (Å²) in [5, 5.41) is 3.81. The summed E-state index contributed by atoms with van der Waals surface area (Å²) < 4.78 is 0. The highest BCUT2D eigenvalue weighted by atomic mass is 32.1. The maximum Gasteiger partial charge on any atom is 0.185 e. The molecule has 1 aliphatic carbocycles. The van der Waals surface area contributed by atoms with Crippen molar-refractivity contribution < 1.29 is 0 Å². The lowest BCUT2D eigenvalue weighted by Crippen LogP contribution is -2.50. The predicted molar refractivity (Wildman–Crippen MR) is 65.6 cm³/mol. The van der Waals surface area contributed by atoms with Crippen LogP contribution in [0.4, 0.5) is 0 Å². The summed E-state index contributed by atoms with van der Waals surface area (Å²) >= 11 is 9.64. The van der Waals surface area contributed by atoms with Gasteiger partial charge in [0.25, 0.3) is 0 Å². The third-order valence-corrected chi connectivity index (χ3v) is 2.19. The molecule has 5 N–H and O–H groups in total. The average Bonchev–Trinajstić information content (AvgIpc) is 2.16. The molecule has 78 valence electrons. The first-order valence-electron chi connectivity index (χ1n) is 4.47. The van der Waals surface area contributed by atoms with Crippen molar-refractivity contribution in [1.82, 2.24) is 16.2 Å². The summed E-state index contributed by atoms with van der Waals surface area (Å²) in [4.78, 5) is 0. The number of nitrogens with one attached hydrogen (secondary N) is 3. The summed E-state index contributed by atoms with van der Waals surface area (Å²) in [6.07, 6.45) is 7.73. The fraction of sp³-hybridized carbons (Fsp3) is 0.500. The minimum atomic E-state index is 0.174. The van der Waals surface area contributed by atoms with Crippen LogP contribution in [0.1, 0.15) is 19.3 Å². The van der Waals surface area contributed by atoms with E-state index in [1.165, 1.54) is 6.42 Å². The Hall–Kier alpha value is -0.880. The van der Waals surface area contributed by atoms with Crippen LogP contribution in [-0.4, -0.2) is 16.3 Å². The Labute approximate surface area is 94.3 Å². The van der Waals surface area contributed by atoms with Gasteiger partial charge < -0.3 is 11.1 Å². The number of nitrogens with two attached hydrogens (primary N) is 1. The van der Waals surface area contributed by atoms with Crippen LogP contribution in [0.15, 0.2) is 12.2 Å². The lowest BCUT2D eigenvalue weighted by Gasteiger charge is -2.20. The van der Waals surface area contributed by atoms with Gasteiger partial charge in [-0.25, -0.2) is 0 Å². The average molecular weight is 230 g/mol. The minimum Gasteiger partial charge on any atom is -0.375 e. The molecular weight excluding hydrogens is 216 g/mol.